The number of hydrogen-bond donors (Lipinski definition) is 2. The summed E-state index contributed by atoms with van der Waals surface area (Å²) in [5.41, 5.74) is 8.40. The lowest BCUT2D eigenvalue weighted by Gasteiger charge is -2.11. The van der Waals surface area contributed by atoms with Crippen LogP contribution in [-0.4, -0.2) is 12.1 Å². The van der Waals surface area contributed by atoms with Crippen LogP contribution in [0.25, 0.3) is 10.8 Å². The number of rotatable bonds is 3. The lowest BCUT2D eigenvalue weighted by Crippen LogP contribution is -1.95. The minimum absolute atomic E-state index is 0.658. The Balaban J connectivity index is 2.03. The fraction of sp³-hybridized carbons (Fsp3) is 0.0625. The summed E-state index contributed by atoms with van der Waals surface area (Å²) in [5, 5.41) is 5.57. The number of fused-ring (bicyclic) bond motifs is 1. The van der Waals surface area contributed by atoms with E-state index in [1.165, 1.54) is 0 Å². The monoisotopic (exact) mass is 265 g/mol. The normalized spacial score (nSPS) is 10.4. The van der Waals surface area contributed by atoms with Gasteiger partial charge in [0.25, 0.3) is 0 Å². The van der Waals surface area contributed by atoms with Gasteiger partial charge in [0, 0.05) is 47.0 Å². The van der Waals surface area contributed by atoms with Gasteiger partial charge in [-0.25, -0.2) is 0 Å². The van der Waals surface area contributed by atoms with E-state index in [9.17, 15) is 0 Å². The fourth-order valence-electron chi connectivity index (χ4n) is 2.19. The second-order valence-corrected chi connectivity index (χ2v) is 4.52. The minimum atomic E-state index is 0.658. The first-order chi connectivity index (χ1) is 9.76. The molecule has 0 atom stereocenters. The van der Waals surface area contributed by atoms with Gasteiger partial charge in [0.2, 0.25) is 0 Å². The van der Waals surface area contributed by atoms with Crippen molar-refractivity contribution in [2.75, 3.05) is 18.2 Å². The summed E-state index contributed by atoms with van der Waals surface area (Å²) in [6.45, 7) is 0. The van der Waals surface area contributed by atoms with Gasteiger partial charge in [-0.15, -0.1) is 0 Å². The number of aromatic nitrogens is 1. The molecule has 0 aliphatic carbocycles. The summed E-state index contributed by atoms with van der Waals surface area (Å²) in [5.74, 6) is 0.728. The van der Waals surface area contributed by atoms with Crippen LogP contribution < -0.4 is 15.8 Å². The molecule has 100 valence electrons. The van der Waals surface area contributed by atoms with Crippen molar-refractivity contribution in [3.8, 4) is 5.75 Å². The summed E-state index contributed by atoms with van der Waals surface area (Å²) in [6, 6.07) is 13.6. The molecule has 1 aromatic heterocycles. The largest absolute Gasteiger partial charge is 0.497 e. The zero-order valence-electron chi connectivity index (χ0n) is 11.1. The van der Waals surface area contributed by atoms with E-state index in [-0.39, 0.29) is 0 Å². The third kappa shape index (κ3) is 2.36. The number of methoxy groups -OCH3 is 1. The molecule has 1 heterocycles. The zero-order chi connectivity index (χ0) is 13.9. The van der Waals surface area contributed by atoms with Gasteiger partial charge in [0.1, 0.15) is 5.75 Å². The summed E-state index contributed by atoms with van der Waals surface area (Å²) in [7, 11) is 1.63. The highest BCUT2D eigenvalue weighted by Gasteiger charge is 2.03. The van der Waals surface area contributed by atoms with E-state index in [2.05, 4.69) is 16.4 Å². The van der Waals surface area contributed by atoms with Gasteiger partial charge in [0.15, 0.2) is 0 Å². The molecular formula is C16H15N3O. The van der Waals surface area contributed by atoms with Gasteiger partial charge in [-0.1, -0.05) is 12.1 Å². The molecule has 0 unspecified atom stereocenters. The molecular weight excluding hydrogens is 250 g/mol. The van der Waals surface area contributed by atoms with Crippen LogP contribution in [0.4, 0.5) is 17.1 Å². The van der Waals surface area contributed by atoms with Gasteiger partial charge in [-0.05, 0) is 23.6 Å². The number of nitrogens with zero attached hydrogens (tertiary/aromatic N) is 1. The smallest absolute Gasteiger partial charge is 0.122 e. The molecule has 0 bridgehead atoms. The van der Waals surface area contributed by atoms with Crippen molar-refractivity contribution in [2.45, 2.75) is 0 Å². The van der Waals surface area contributed by atoms with Crippen molar-refractivity contribution in [1.29, 1.82) is 0 Å². The Bertz CT molecular complexity index is 750. The molecule has 0 fully saturated rings. The van der Waals surface area contributed by atoms with Gasteiger partial charge < -0.3 is 15.8 Å². The standard InChI is InChI=1S/C16H15N3O/c1-20-14-8-12(17)7-13(9-14)19-16-4-2-3-11-5-6-18-10-15(11)16/h2-10,19H,17H2,1H3. The lowest BCUT2D eigenvalue weighted by molar-refractivity contribution is 0.415. The molecule has 0 saturated carbocycles. The maximum atomic E-state index is 5.87. The van der Waals surface area contributed by atoms with Crippen LogP contribution in [0.3, 0.4) is 0 Å². The van der Waals surface area contributed by atoms with E-state index in [0.29, 0.717) is 5.69 Å². The highest BCUT2D eigenvalue weighted by molar-refractivity contribution is 5.94. The van der Waals surface area contributed by atoms with Crippen LogP contribution in [-0.2, 0) is 0 Å². The molecule has 0 saturated heterocycles. The third-order valence-corrected chi connectivity index (χ3v) is 3.13. The Labute approximate surface area is 117 Å². The number of nitrogen functional groups attached to an aromatic ring is 1. The van der Waals surface area contributed by atoms with Gasteiger partial charge in [-0.3, -0.25) is 4.98 Å². The van der Waals surface area contributed by atoms with Crippen molar-refractivity contribution >= 4 is 27.8 Å². The summed E-state index contributed by atoms with van der Waals surface area (Å²) < 4.78 is 5.23. The first-order valence-electron chi connectivity index (χ1n) is 6.30. The van der Waals surface area contributed by atoms with E-state index in [1.54, 1.807) is 19.4 Å². The number of anilines is 3. The van der Waals surface area contributed by atoms with Crippen molar-refractivity contribution in [2.24, 2.45) is 0 Å². The molecule has 0 radical (unpaired) electrons. The molecule has 20 heavy (non-hydrogen) atoms. The number of nitrogens with one attached hydrogen (secondary N) is 1. The molecule has 0 aliphatic rings. The molecule has 3 N–H and O–H groups in total. The van der Waals surface area contributed by atoms with Crippen LogP contribution in [0.2, 0.25) is 0 Å². The average molecular weight is 265 g/mol. The Morgan fingerprint density at radius 2 is 2.05 bits per heavy atom. The maximum absolute atomic E-state index is 5.87. The number of benzene rings is 2. The molecule has 2 aromatic carbocycles. The minimum Gasteiger partial charge on any atom is -0.497 e. The topological polar surface area (TPSA) is 60.2 Å². The lowest BCUT2D eigenvalue weighted by atomic mass is 10.1. The van der Waals surface area contributed by atoms with Crippen LogP contribution in [0.15, 0.2) is 54.9 Å². The molecule has 4 heteroatoms. The molecule has 0 aliphatic heterocycles. The quantitative estimate of drug-likeness (QED) is 0.711. The number of pyridine rings is 1. The van der Waals surface area contributed by atoms with Crippen molar-refractivity contribution in [1.82, 2.24) is 4.98 Å². The molecule has 0 spiro atoms. The SMILES string of the molecule is COc1cc(N)cc(Nc2cccc3ccncc23)c1. The second-order valence-electron chi connectivity index (χ2n) is 4.52. The number of ether oxygens (including phenoxy) is 1. The summed E-state index contributed by atoms with van der Waals surface area (Å²) >= 11 is 0. The Morgan fingerprint density at radius 1 is 1.15 bits per heavy atom. The van der Waals surface area contributed by atoms with Gasteiger partial charge in [0.05, 0.1) is 7.11 Å². The van der Waals surface area contributed by atoms with Crippen LogP contribution in [0.5, 0.6) is 5.75 Å². The predicted octanol–water partition coefficient (Wildman–Crippen LogP) is 3.57. The van der Waals surface area contributed by atoms with E-state index in [1.807, 2.05) is 36.5 Å². The first-order valence-corrected chi connectivity index (χ1v) is 6.30. The third-order valence-electron chi connectivity index (χ3n) is 3.13. The number of nitrogens with two attached hydrogens (primary N) is 1. The highest BCUT2D eigenvalue weighted by Crippen LogP contribution is 2.29. The van der Waals surface area contributed by atoms with Gasteiger partial charge >= 0.3 is 0 Å². The zero-order valence-corrected chi connectivity index (χ0v) is 11.1. The van der Waals surface area contributed by atoms with Gasteiger partial charge in [-0.2, -0.15) is 0 Å². The van der Waals surface area contributed by atoms with E-state index >= 15 is 0 Å². The maximum Gasteiger partial charge on any atom is 0.122 e. The molecule has 3 aromatic rings. The van der Waals surface area contributed by atoms with E-state index in [0.717, 1.165) is 27.9 Å². The molecule has 0 amide bonds. The summed E-state index contributed by atoms with van der Waals surface area (Å²) in [4.78, 5) is 4.18. The fourth-order valence-corrected chi connectivity index (χ4v) is 2.19. The average Bonchev–Trinajstić information content (AvgIpc) is 2.47. The van der Waals surface area contributed by atoms with Crippen molar-refractivity contribution in [3.05, 3.63) is 54.9 Å². The second kappa shape index (κ2) is 5.09. The highest BCUT2D eigenvalue weighted by atomic mass is 16.5. The first kappa shape index (κ1) is 12.3. The predicted molar refractivity (Wildman–Crippen MR) is 82.4 cm³/mol. The molecule has 4 nitrogen and oxygen atoms in total. The molecule has 3 rings (SSSR count). The van der Waals surface area contributed by atoms with E-state index < -0.39 is 0 Å². The summed E-state index contributed by atoms with van der Waals surface area (Å²) in [6.07, 6.45) is 3.64. The number of hydrogen-bond acceptors (Lipinski definition) is 4. The Hall–Kier alpha value is -2.75. The van der Waals surface area contributed by atoms with Crippen molar-refractivity contribution < 1.29 is 4.74 Å². The van der Waals surface area contributed by atoms with Crippen LogP contribution in [0, 0.1) is 0 Å². The Morgan fingerprint density at radius 3 is 2.90 bits per heavy atom. The van der Waals surface area contributed by atoms with Crippen LogP contribution >= 0.6 is 0 Å². The van der Waals surface area contributed by atoms with E-state index in [4.69, 9.17) is 10.5 Å². The Kier molecular flexibility index (Phi) is 3.13. The van der Waals surface area contributed by atoms with Crippen molar-refractivity contribution in [3.63, 3.8) is 0 Å². The van der Waals surface area contributed by atoms with Crippen LogP contribution in [0.1, 0.15) is 0 Å².